The topological polar surface area (TPSA) is 47.6 Å². The molecule has 4 nitrogen and oxygen atoms in total. The fourth-order valence-corrected chi connectivity index (χ4v) is 2.72. The summed E-state index contributed by atoms with van der Waals surface area (Å²) in [6.45, 7) is 3.31. The average molecular weight is 325 g/mol. The predicted octanol–water partition coefficient (Wildman–Crippen LogP) is 3.98. The van der Waals surface area contributed by atoms with Gasteiger partial charge in [0.15, 0.2) is 11.5 Å². The maximum absolute atomic E-state index is 12.2. The number of aryl methyl sites for hydroxylation is 1. The summed E-state index contributed by atoms with van der Waals surface area (Å²) in [7, 11) is 0. The van der Waals surface area contributed by atoms with Crippen LogP contribution in [0.15, 0.2) is 42.5 Å². The highest BCUT2D eigenvalue weighted by molar-refractivity contribution is 5.92. The molecule has 1 amide bonds. The van der Waals surface area contributed by atoms with Gasteiger partial charge in [-0.05, 0) is 48.2 Å². The number of hydrogen-bond acceptors (Lipinski definition) is 3. The van der Waals surface area contributed by atoms with E-state index in [1.807, 2.05) is 30.3 Å². The molecule has 0 radical (unpaired) electrons. The third-order valence-corrected chi connectivity index (χ3v) is 4.03. The zero-order chi connectivity index (χ0) is 16.8. The molecule has 0 spiro atoms. The van der Waals surface area contributed by atoms with Crippen molar-refractivity contribution in [2.45, 2.75) is 32.6 Å². The standard InChI is InChI=1S/C20H23NO3/c1-2-3-4-15-5-8-17(9-6-15)21-20(22)14-16-7-10-18-19(13-16)24-12-11-23-18/h5-10,13H,2-4,11-12,14H2,1H3,(H,21,22). The average Bonchev–Trinajstić information content (AvgIpc) is 2.61. The number of rotatable bonds is 6. The van der Waals surface area contributed by atoms with Gasteiger partial charge < -0.3 is 14.8 Å². The molecule has 0 saturated carbocycles. The molecule has 3 rings (SSSR count). The fourth-order valence-electron chi connectivity index (χ4n) is 2.72. The summed E-state index contributed by atoms with van der Waals surface area (Å²) < 4.78 is 11.0. The maximum Gasteiger partial charge on any atom is 0.228 e. The first-order valence-electron chi connectivity index (χ1n) is 8.52. The minimum absolute atomic E-state index is 0.0343. The van der Waals surface area contributed by atoms with E-state index >= 15 is 0 Å². The van der Waals surface area contributed by atoms with Crippen molar-refractivity contribution < 1.29 is 14.3 Å². The minimum atomic E-state index is -0.0343. The van der Waals surface area contributed by atoms with Gasteiger partial charge in [-0.3, -0.25) is 4.79 Å². The molecule has 4 heteroatoms. The van der Waals surface area contributed by atoms with Crippen molar-refractivity contribution >= 4 is 11.6 Å². The van der Waals surface area contributed by atoms with E-state index in [2.05, 4.69) is 24.4 Å². The van der Waals surface area contributed by atoms with Crippen LogP contribution in [-0.4, -0.2) is 19.1 Å². The van der Waals surface area contributed by atoms with Crippen LogP contribution >= 0.6 is 0 Å². The number of nitrogens with one attached hydrogen (secondary N) is 1. The number of carbonyl (C=O) groups is 1. The molecule has 0 aliphatic carbocycles. The highest BCUT2D eigenvalue weighted by Crippen LogP contribution is 2.30. The second kappa shape index (κ2) is 7.86. The van der Waals surface area contributed by atoms with Crippen LogP contribution in [0.3, 0.4) is 0 Å². The molecule has 0 bridgehead atoms. The molecule has 2 aromatic rings. The molecular weight excluding hydrogens is 302 g/mol. The number of unbranched alkanes of at least 4 members (excludes halogenated alkanes) is 1. The van der Waals surface area contributed by atoms with Crippen molar-refractivity contribution in [3.05, 3.63) is 53.6 Å². The van der Waals surface area contributed by atoms with Gasteiger partial charge in [0.25, 0.3) is 0 Å². The van der Waals surface area contributed by atoms with E-state index in [4.69, 9.17) is 9.47 Å². The number of hydrogen-bond donors (Lipinski definition) is 1. The van der Waals surface area contributed by atoms with Crippen molar-refractivity contribution in [2.24, 2.45) is 0 Å². The Bertz CT molecular complexity index is 695. The highest BCUT2D eigenvalue weighted by atomic mass is 16.6. The lowest BCUT2D eigenvalue weighted by Crippen LogP contribution is -2.17. The summed E-state index contributed by atoms with van der Waals surface area (Å²) >= 11 is 0. The third kappa shape index (κ3) is 4.28. The Labute approximate surface area is 142 Å². The molecule has 1 aliphatic heterocycles. The van der Waals surface area contributed by atoms with Crippen molar-refractivity contribution in [3.63, 3.8) is 0 Å². The van der Waals surface area contributed by atoms with Crippen molar-refractivity contribution in [1.82, 2.24) is 0 Å². The Hall–Kier alpha value is -2.49. The first-order valence-corrected chi connectivity index (χ1v) is 8.52. The van der Waals surface area contributed by atoms with Gasteiger partial charge in [0.1, 0.15) is 13.2 Å². The Balaban J connectivity index is 1.57. The molecule has 0 unspecified atom stereocenters. The summed E-state index contributed by atoms with van der Waals surface area (Å²) in [5, 5.41) is 2.94. The van der Waals surface area contributed by atoms with Crippen molar-refractivity contribution in [3.8, 4) is 11.5 Å². The number of amides is 1. The number of anilines is 1. The van der Waals surface area contributed by atoms with E-state index in [-0.39, 0.29) is 5.91 Å². The number of fused-ring (bicyclic) bond motifs is 1. The summed E-state index contributed by atoms with van der Waals surface area (Å²) in [4.78, 5) is 12.2. The summed E-state index contributed by atoms with van der Waals surface area (Å²) in [6, 6.07) is 13.7. The van der Waals surface area contributed by atoms with E-state index in [0.717, 1.165) is 23.4 Å². The minimum Gasteiger partial charge on any atom is -0.486 e. The largest absolute Gasteiger partial charge is 0.486 e. The lowest BCUT2D eigenvalue weighted by Gasteiger charge is -2.18. The van der Waals surface area contributed by atoms with Gasteiger partial charge in [-0.25, -0.2) is 0 Å². The Morgan fingerprint density at radius 1 is 1.00 bits per heavy atom. The van der Waals surface area contributed by atoms with Gasteiger partial charge in [0, 0.05) is 5.69 Å². The number of carbonyl (C=O) groups excluding carboxylic acids is 1. The van der Waals surface area contributed by atoms with Gasteiger partial charge in [-0.1, -0.05) is 31.5 Å². The monoisotopic (exact) mass is 325 g/mol. The molecule has 0 atom stereocenters. The zero-order valence-corrected chi connectivity index (χ0v) is 14.0. The van der Waals surface area contributed by atoms with Crippen molar-refractivity contribution in [1.29, 1.82) is 0 Å². The smallest absolute Gasteiger partial charge is 0.228 e. The van der Waals surface area contributed by atoms with E-state index in [1.165, 1.54) is 18.4 Å². The van der Waals surface area contributed by atoms with Crippen LogP contribution in [0.1, 0.15) is 30.9 Å². The molecule has 0 saturated heterocycles. The molecule has 0 aromatic heterocycles. The van der Waals surface area contributed by atoms with Gasteiger partial charge >= 0.3 is 0 Å². The molecular formula is C20H23NO3. The van der Waals surface area contributed by atoms with E-state index < -0.39 is 0 Å². The molecule has 126 valence electrons. The molecule has 0 fully saturated rings. The summed E-state index contributed by atoms with van der Waals surface area (Å²) in [5.41, 5.74) is 3.05. The molecule has 2 aromatic carbocycles. The van der Waals surface area contributed by atoms with Gasteiger partial charge in [-0.15, -0.1) is 0 Å². The van der Waals surface area contributed by atoms with Crippen LogP contribution in [0.25, 0.3) is 0 Å². The third-order valence-electron chi connectivity index (χ3n) is 4.03. The summed E-state index contributed by atoms with van der Waals surface area (Å²) in [6.07, 6.45) is 3.78. The second-order valence-electron chi connectivity index (χ2n) is 6.00. The molecule has 1 heterocycles. The van der Waals surface area contributed by atoms with Crippen LogP contribution < -0.4 is 14.8 Å². The zero-order valence-electron chi connectivity index (χ0n) is 14.0. The highest BCUT2D eigenvalue weighted by Gasteiger charge is 2.13. The SMILES string of the molecule is CCCCc1ccc(NC(=O)Cc2ccc3c(c2)OCCO3)cc1. The number of ether oxygens (including phenoxy) is 2. The fraction of sp³-hybridized carbons (Fsp3) is 0.350. The lowest BCUT2D eigenvalue weighted by atomic mass is 10.1. The Kier molecular flexibility index (Phi) is 5.36. The Morgan fingerprint density at radius 2 is 1.71 bits per heavy atom. The van der Waals surface area contributed by atoms with Crippen LogP contribution in [-0.2, 0) is 17.6 Å². The number of benzene rings is 2. The van der Waals surface area contributed by atoms with Crippen LogP contribution in [0.2, 0.25) is 0 Å². The predicted molar refractivity (Wildman–Crippen MR) is 94.8 cm³/mol. The van der Waals surface area contributed by atoms with E-state index in [9.17, 15) is 4.79 Å². The molecule has 24 heavy (non-hydrogen) atoms. The quantitative estimate of drug-likeness (QED) is 0.874. The van der Waals surface area contributed by atoms with Crippen molar-refractivity contribution in [2.75, 3.05) is 18.5 Å². The summed E-state index contributed by atoms with van der Waals surface area (Å²) in [5.74, 6) is 1.42. The van der Waals surface area contributed by atoms with E-state index in [0.29, 0.717) is 25.4 Å². The first kappa shape index (κ1) is 16.4. The van der Waals surface area contributed by atoms with Crippen LogP contribution in [0, 0.1) is 0 Å². The van der Waals surface area contributed by atoms with Gasteiger partial charge in [0.2, 0.25) is 5.91 Å². The van der Waals surface area contributed by atoms with Crippen LogP contribution in [0.4, 0.5) is 5.69 Å². The normalized spacial score (nSPS) is 12.7. The molecule has 1 aliphatic rings. The van der Waals surface area contributed by atoms with Gasteiger partial charge in [-0.2, -0.15) is 0 Å². The van der Waals surface area contributed by atoms with E-state index in [1.54, 1.807) is 0 Å². The van der Waals surface area contributed by atoms with Crippen LogP contribution in [0.5, 0.6) is 11.5 Å². The lowest BCUT2D eigenvalue weighted by molar-refractivity contribution is -0.115. The van der Waals surface area contributed by atoms with Gasteiger partial charge in [0.05, 0.1) is 6.42 Å². The Morgan fingerprint density at radius 3 is 2.46 bits per heavy atom. The maximum atomic E-state index is 12.2. The second-order valence-corrected chi connectivity index (χ2v) is 6.00. The molecule has 1 N–H and O–H groups in total. The first-order chi connectivity index (χ1) is 11.7.